The van der Waals surface area contributed by atoms with Crippen molar-refractivity contribution in [2.75, 3.05) is 5.75 Å². The first-order valence-electron chi connectivity index (χ1n) is 1.73. The van der Waals surface area contributed by atoms with Crippen molar-refractivity contribution in [1.29, 1.82) is 0 Å². The van der Waals surface area contributed by atoms with Crippen LogP contribution >= 0.6 is 0 Å². The van der Waals surface area contributed by atoms with Crippen LogP contribution in [0.3, 0.4) is 0 Å². The molecule has 0 amide bonds. The molecule has 0 rings (SSSR count). The molecular formula is C2H6NaO5S. The second-order valence-corrected chi connectivity index (χ2v) is 2.73. The molecular weight excluding hydrogens is 159 g/mol. The van der Waals surface area contributed by atoms with Gasteiger partial charge in [0.15, 0.2) is 6.29 Å². The minimum atomic E-state index is -4.22. The molecule has 0 bridgehead atoms. The van der Waals surface area contributed by atoms with Crippen LogP contribution in [-0.4, -0.2) is 64.8 Å². The van der Waals surface area contributed by atoms with E-state index in [4.69, 9.17) is 14.8 Å². The molecule has 0 heterocycles. The van der Waals surface area contributed by atoms with Crippen LogP contribution in [0.15, 0.2) is 0 Å². The van der Waals surface area contributed by atoms with Gasteiger partial charge >= 0.3 is 0 Å². The van der Waals surface area contributed by atoms with E-state index in [2.05, 4.69) is 0 Å². The second-order valence-electron chi connectivity index (χ2n) is 1.23. The molecule has 1 radical (unpaired) electrons. The fourth-order valence-electron chi connectivity index (χ4n) is 0.188. The topological polar surface area (TPSA) is 94.8 Å². The summed E-state index contributed by atoms with van der Waals surface area (Å²) in [5, 5.41) is 15.8. The van der Waals surface area contributed by atoms with Crippen LogP contribution in [0.5, 0.6) is 0 Å². The SMILES string of the molecule is O=S(=O)(O)CC(O)O.[Na]. The number of aliphatic hydroxyl groups is 2. The van der Waals surface area contributed by atoms with Gasteiger partial charge in [0, 0.05) is 29.6 Å². The zero-order valence-electron chi connectivity index (χ0n) is 4.85. The van der Waals surface area contributed by atoms with Crippen molar-refractivity contribution < 1.29 is 23.2 Å². The molecule has 0 aromatic heterocycles. The third-order valence-electron chi connectivity index (χ3n) is 0.360. The van der Waals surface area contributed by atoms with Gasteiger partial charge in [0.05, 0.1) is 0 Å². The molecule has 0 spiro atoms. The van der Waals surface area contributed by atoms with E-state index in [0.29, 0.717) is 0 Å². The van der Waals surface area contributed by atoms with Gasteiger partial charge in [-0.3, -0.25) is 4.55 Å². The Hall–Kier alpha value is 0.830. The van der Waals surface area contributed by atoms with E-state index in [-0.39, 0.29) is 29.6 Å². The Morgan fingerprint density at radius 1 is 1.33 bits per heavy atom. The number of hydrogen-bond donors (Lipinski definition) is 3. The zero-order chi connectivity index (χ0) is 6.78. The molecule has 0 unspecified atom stereocenters. The van der Waals surface area contributed by atoms with E-state index in [1.807, 2.05) is 0 Å². The fourth-order valence-corrected chi connectivity index (χ4v) is 0.565. The molecule has 0 atom stereocenters. The summed E-state index contributed by atoms with van der Waals surface area (Å²) in [7, 11) is -4.22. The van der Waals surface area contributed by atoms with Gasteiger partial charge in [-0.25, -0.2) is 0 Å². The van der Waals surface area contributed by atoms with Gasteiger partial charge in [0.2, 0.25) is 0 Å². The van der Waals surface area contributed by atoms with E-state index < -0.39 is 22.2 Å². The molecule has 7 heteroatoms. The first-order valence-corrected chi connectivity index (χ1v) is 3.34. The van der Waals surface area contributed by atoms with Crippen LogP contribution < -0.4 is 0 Å². The quantitative estimate of drug-likeness (QED) is 0.245. The molecule has 5 nitrogen and oxygen atoms in total. The maximum Gasteiger partial charge on any atom is 0.269 e. The van der Waals surface area contributed by atoms with E-state index in [0.717, 1.165) is 0 Å². The summed E-state index contributed by atoms with van der Waals surface area (Å²) in [6.07, 6.45) is -2.00. The molecule has 0 saturated heterocycles. The number of rotatable bonds is 2. The van der Waals surface area contributed by atoms with Crippen LogP contribution in [0.4, 0.5) is 0 Å². The Balaban J connectivity index is 0. The normalized spacial score (nSPS) is 11.1. The predicted molar refractivity (Wildman–Crippen MR) is 30.4 cm³/mol. The first-order chi connectivity index (χ1) is 3.42. The van der Waals surface area contributed by atoms with Gasteiger partial charge in [-0.05, 0) is 0 Å². The molecule has 0 fully saturated rings. The van der Waals surface area contributed by atoms with Gasteiger partial charge in [-0.2, -0.15) is 8.42 Å². The molecule has 3 N–H and O–H groups in total. The van der Waals surface area contributed by atoms with Crippen molar-refractivity contribution >= 4 is 39.7 Å². The van der Waals surface area contributed by atoms with Gasteiger partial charge in [-0.1, -0.05) is 0 Å². The van der Waals surface area contributed by atoms with E-state index in [1.54, 1.807) is 0 Å². The summed E-state index contributed by atoms with van der Waals surface area (Å²) in [6.45, 7) is 0. The number of aliphatic hydroxyl groups excluding tert-OH is 1. The third kappa shape index (κ3) is 12.1. The van der Waals surface area contributed by atoms with Crippen LogP contribution in [0.25, 0.3) is 0 Å². The maximum atomic E-state index is 9.68. The van der Waals surface area contributed by atoms with Gasteiger partial charge in [0.25, 0.3) is 10.1 Å². The summed E-state index contributed by atoms with van der Waals surface area (Å²) in [5.74, 6) is -1.03. The van der Waals surface area contributed by atoms with Gasteiger partial charge in [-0.15, -0.1) is 0 Å². The van der Waals surface area contributed by atoms with Crippen molar-refractivity contribution in [2.24, 2.45) is 0 Å². The van der Waals surface area contributed by atoms with E-state index >= 15 is 0 Å². The predicted octanol–water partition coefficient (Wildman–Crippen LogP) is -2.20. The first kappa shape index (κ1) is 12.5. The van der Waals surface area contributed by atoms with Crippen molar-refractivity contribution in [1.82, 2.24) is 0 Å². The van der Waals surface area contributed by atoms with Crippen LogP contribution in [0.1, 0.15) is 0 Å². The maximum absolute atomic E-state index is 9.68. The third-order valence-corrected chi connectivity index (χ3v) is 1.08. The summed E-state index contributed by atoms with van der Waals surface area (Å²) < 4.78 is 27.2. The Morgan fingerprint density at radius 2 is 1.67 bits per heavy atom. The molecule has 9 heavy (non-hydrogen) atoms. The summed E-state index contributed by atoms with van der Waals surface area (Å²) in [6, 6.07) is 0. The Bertz CT molecular complexity index is 148. The Kier molecular flexibility index (Phi) is 6.41. The average Bonchev–Trinajstić information content (AvgIpc) is 1.21. The van der Waals surface area contributed by atoms with E-state index in [9.17, 15) is 8.42 Å². The van der Waals surface area contributed by atoms with E-state index in [1.165, 1.54) is 0 Å². The van der Waals surface area contributed by atoms with Crippen molar-refractivity contribution in [3.8, 4) is 0 Å². The minimum absolute atomic E-state index is 0. The number of hydrogen-bond acceptors (Lipinski definition) is 4. The van der Waals surface area contributed by atoms with Crippen LogP contribution in [0, 0.1) is 0 Å². The fraction of sp³-hybridized carbons (Fsp3) is 1.00. The summed E-state index contributed by atoms with van der Waals surface area (Å²) in [5.41, 5.74) is 0. The summed E-state index contributed by atoms with van der Waals surface area (Å²) >= 11 is 0. The van der Waals surface area contributed by atoms with Gasteiger partial charge in [0.1, 0.15) is 5.75 Å². The van der Waals surface area contributed by atoms with Crippen molar-refractivity contribution in [3.05, 3.63) is 0 Å². The molecule has 0 saturated carbocycles. The van der Waals surface area contributed by atoms with Crippen LogP contribution in [-0.2, 0) is 10.1 Å². The molecule has 0 aromatic carbocycles. The standard InChI is InChI=1S/C2H6O5S.Na/c3-2(4)1-8(5,6)7;/h2-4H,1H2,(H,5,6,7);. The molecule has 0 aromatic rings. The second kappa shape index (κ2) is 4.62. The zero-order valence-corrected chi connectivity index (χ0v) is 7.67. The minimum Gasteiger partial charge on any atom is -0.367 e. The van der Waals surface area contributed by atoms with Gasteiger partial charge < -0.3 is 10.2 Å². The van der Waals surface area contributed by atoms with Crippen molar-refractivity contribution in [3.63, 3.8) is 0 Å². The monoisotopic (exact) mass is 165 g/mol. The van der Waals surface area contributed by atoms with Crippen LogP contribution in [0.2, 0.25) is 0 Å². The average molecular weight is 165 g/mol. The summed E-state index contributed by atoms with van der Waals surface area (Å²) in [4.78, 5) is 0. The molecule has 0 aliphatic carbocycles. The molecule has 0 aliphatic rings. The molecule has 0 aliphatic heterocycles. The Morgan fingerprint density at radius 3 is 1.67 bits per heavy atom. The molecule has 51 valence electrons. The largest absolute Gasteiger partial charge is 0.367 e. The van der Waals surface area contributed by atoms with Crippen molar-refractivity contribution in [2.45, 2.75) is 6.29 Å². The smallest absolute Gasteiger partial charge is 0.269 e. The Labute approximate surface area is 74.7 Å².